The molecule has 0 aliphatic carbocycles. The number of ether oxygens (including phenoxy) is 2. The van der Waals surface area contributed by atoms with E-state index in [2.05, 4.69) is 26.0 Å². The molecule has 1 aromatic carbocycles. The fourth-order valence-electron chi connectivity index (χ4n) is 4.31. The zero-order chi connectivity index (χ0) is 20.2. The summed E-state index contributed by atoms with van der Waals surface area (Å²) in [6.45, 7) is 7.82. The van der Waals surface area contributed by atoms with Crippen LogP contribution in [0.4, 0.5) is 0 Å². The molecule has 0 radical (unpaired) electrons. The van der Waals surface area contributed by atoms with Gasteiger partial charge in [0.05, 0.1) is 25.5 Å². The molecule has 2 heterocycles. The number of benzene rings is 1. The van der Waals surface area contributed by atoms with Gasteiger partial charge in [-0.2, -0.15) is 0 Å². The topological polar surface area (TPSA) is 51.9 Å². The van der Waals surface area contributed by atoms with Gasteiger partial charge >= 0.3 is 0 Å². The van der Waals surface area contributed by atoms with Gasteiger partial charge in [-0.25, -0.2) is 0 Å². The zero-order valence-electron chi connectivity index (χ0n) is 17.4. The summed E-state index contributed by atoms with van der Waals surface area (Å²) in [7, 11) is 1.68. The van der Waals surface area contributed by atoms with Crippen molar-refractivity contribution in [3.8, 4) is 5.75 Å². The summed E-state index contributed by atoms with van der Waals surface area (Å²) < 4.78 is 16.8. The number of methoxy groups -OCH3 is 1. The van der Waals surface area contributed by atoms with E-state index in [1.807, 2.05) is 29.2 Å². The monoisotopic (exact) mass is 385 g/mol. The maximum Gasteiger partial charge on any atom is 0.219 e. The third kappa shape index (κ3) is 4.76. The van der Waals surface area contributed by atoms with E-state index in [1.54, 1.807) is 20.3 Å². The van der Waals surface area contributed by atoms with Crippen LogP contribution in [-0.4, -0.2) is 36.7 Å². The Bertz CT molecular complexity index is 766. The molecule has 5 heteroatoms. The lowest BCUT2D eigenvalue weighted by Gasteiger charge is -2.46. The molecule has 3 rings (SSSR count). The molecule has 28 heavy (non-hydrogen) atoms. The molecule has 152 valence electrons. The number of amides is 1. The lowest BCUT2D eigenvalue weighted by Crippen LogP contribution is -2.46. The SMILES string of the molecule is COc1ccc([C@]2(CCN(Cc3ccco3)C(C)=O)CCOC(C)(C)C2)cc1. The second kappa shape index (κ2) is 8.39. The van der Waals surface area contributed by atoms with E-state index >= 15 is 0 Å². The summed E-state index contributed by atoms with van der Waals surface area (Å²) in [6, 6.07) is 12.1. The fourth-order valence-corrected chi connectivity index (χ4v) is 4.31. The van der Waals surface area contributed by atoms with Crippen molar-refractivity contribution in [2.45, 2.75) is 57.6 Å². The van der Waals surface area contributed by atoms with Crippen LogP contribution in [0.2, 0.25) is 0 Å². The summed E-state index contributed by atoms with van der Waals surface area (Å²) >= 11 is 0. The third-order valence-corrected chi connectivity index (χ3v) is 5.77. The molecule has 1 amide bonds. The lowest BCUT2D eigenvalue weighted by molar-refractivity contribution is -0.130. The molecule has 0 bridgehead atoms. The highest BCUT2D eigenvalue weighted by molar-refractivity contribution is 5.73. The molecular formula is C23H31NO4. The normalized spacial score (nSPS) is 21.3. The maximum atomic E-state index is 12.2. The van der Waals surface area contributed by atoms with E-state index in [4.69, 9.17) is 13.9 Å². The number of nitrogens with zero attached hydrogens (tertiary/aromatic N) is 1. The Morgan fingerprint density at radius 3 is 2.54 bits per heavy atom. The first-order valence-corrected chi connectivity index (χ1v) is 9.90. The molecule has 1 aromatic heterocycles. The van der Waals surface area contributed by atoms with Crippen molar-refractivity contribution in [1.82, 2.24) is 4.90 Å². The first-order valence-electron chi connectivity index (χ1n) is 9.90. The quantitative estimate of drug-likeness (QED) is 0.701. The van der Waals surface area contributed by atoms with Crippen LogP contribution in [0.5, 0.6) is 5.75 Å². The summed E-state index contributed by atoms with van der Waals surface area (Å²) in [5, 5.41) is 0. The van der Waals surface area contributed by atoms with Crippen molar-refractivity contribution in [2.75, 3.05) is 20.3 Å². The van der Waals surface area contributed by atoms with Crippen LogP contribution >= 0.6 is 0 Å². The zero-order valence-corrected chi connectivity index (χ0v) is 17.4. The van der Waals surface area contributed by atoms with E-state index in [9.17, 15) is 4.79 Å². The van der Waals surface area contributed by atoms with Crippen molar-refractivity contribution < 1.29 is 18.7 Å². The van der Waals surface area contributed by atoms with Gasteiger partial charge in [0.1, 0.15) is 11.5 Å². The van der Waals surface area contributed by atoms with Crippen molar-refractivity contribution in [3.63, 3.8) is 0 Å². The molecule has 1 aliphatic rings. The predicted molar refractivity (Wildman–Crippen MR) is 108 cm³/mol. The van der Waals surface area contributed by atoms with Crippen LogP contribution < -0.4 is 4.74 Å². The smallest absolute Gasteiger partial charge is 0.219 e. The Morgan fingerprint density at radius 2 is 1.96 bits per heavy atom. The molecule has 1 saturated heterocycles. The van der Waals surface area contributed by atoms with Crippen LogP contribution in [0.25, 0.3) is 0 Å². The van der Waals surface area contributed by atoms with E-state index < -0.39 is 0 Å². The van der Waals surface area contributed by atoms with Crippen molar-refractivity contribution in [2.24, 2.45) is 0 Å². The number of rotatable bonds is 7. The molecule has 0 N–H and O–H groups in total. The number of carbonyl (C=O) groups excluding carboxylic acids is 1. The molecule has 0 spiro atoms. The highest BCUT2D eigenvalue weighted by Crippen LogP contribution is 2.44. The number of furan rings is 1. The number of hydrogen-bond acceptors (Lipinski definition) is 4. The van der Waals surface area contributed by atoms with Gasteiger partial charge in [0.25, 0.3) is 0 Å². The standard InChI is InChI=1S/C23H31NO4/c1-18(25)24(16-21-6-5-14-27-21)13-11-23(12-15-28-22(2,3)17-23)19-7-9-20(26-4)10-8-19/h5-10,14H,11-13,15-17H2,1-4H3/t23-/m1/s1. The van der Waals surface area contributed by atoms with Gasteiger partial charge in [-0.15, -0.1) is 0 Å². The highest BCUT2D eigenvalue weighted by atomic mass is 16.5. The molecule has 1 aliphatic heterocycles. The maximum absolute atomic E-state index is 12.2. The van der Waals surface area contributed by atoms with Gasteiger partial charge in [-0.1, -0.05) is 12.1 Å². The van der Waals surface area contributed by atoms with Crippen LogP contribution in [0.3, 0.4) is 0 Å². The van der Waals surface area contributed by atoms with Crippen LogP contribution in [-0.2, 0) is 21.5 Å². The lowest BCUT2D eigenvalue weighted by atomic mass is 9.67. The number of hydrogen-bond donors (Lipinski definition) is 0. The summed E-state index contributed by atoms with van der Waals surface area (Å²) in [5.74, 6) is 1.72. The Hall–Kier alpha value is -2.27. The summed E-state index contributed by atoms with van der Waals surface area (Å²) in [5.41, 5.74) is 1.05. The average Bonchev–Trinajstić information content (AvgIpc) is 3.17. The first-order chi connectivity index (χ1) is 13.3. The highest BCUT2D eigenvalue weighted by Gasteiger charge is 2.42. The summed E-state index contributed by atoms with van der Waals surface area (Å²) in [4.78, 5) is 14.1. The van der Waals surface area contributed by atoms with Gasteiger partial charge in [0.2, 0.25) is 5.91 Å². The minimum Gasteiger partial charge on any atom is -0.497 e. The van der Waals surface area contributed by atoms with Gasteiger partial charge in [0, 0.05) is 25.5 Å². The Labute approximate surface area is 167 Å². The Kier molecular flexibility index (Phi) is 6.14. The Balaban J connectivity index is 1.82. The average molecular weight is 386 g/mol. The molecule has 0 unspecified atom stereocenters. The fraction of sp³-hybridized carbons (Fsp3) is 0.522. The van der Waals surface area contributed by atoms with Gasteiger partial charge < -0.3 is 18.8 Å². The van der Waals surface area contributed by atoms with Crippen LogP contribution in [0, 0.1) is 0 Å². The molecule has 5 nitrogen and oxygen atoms in total. The number of carbonyl (C=O) groups is 1. The van der Waals surface area contributed by atoms with E-state index in [1.165, 1.54) is 5.56 Å². The Morgan fingerprint density at radius 1 is 1.21 bits per heavy atom. The molecule has 0 saturated carbocycles. The van der Waals surface area contributed by atoms with E-state index in [0.717, 1.165) is 37.4 Å². The van der Waals surface area contributed by atoms with E-state index in [-0.39, 0.29) is 16.9 Å². The molecular weight excluding hydrogens is 354 g/mol. The summed E-state index contributed by atoms with van der Waals surface area (Å²) in [6.07, 6.45) is 4.38. The van der Waals surface area contributed by atoms with Crippen molar-refractivity contribution >= 4 is 5.91 Å². The van der Waals surface area contributed by atoms with Gasteiger partial charge in [-0.3, -0.25) is 4.79 Å². The minimum absolute atomic E-state index is 0.0368. The van der Waals surface area contributed by atoms with Gasteiger partial charge in [-0.05, 0) is 62.9 Å². The minimum atomic E-state index is -0.194. The molecule has 1 atom stereocenters. The first kappa shape index (κ1) is 20.5. The largest absolute Gasteiger partial charge is 0.497 e. The molecule has 2 aromatic rings. The second-order valence-electron chi connectivity index (χ2n) is 8.31. The second-order valence-corrected chi connectivity index (χ2v) is 8.31. The van der Waals surface area contributed by atoms with Crippen molar-refractivity contribution in [3.05, 3.63) is 54.0 Å². The predicted octanol–water partition coefficient (Wildman–Crippen LogP) is 4.55. The van der Waals surface area contributed by atoms with Crippen molar-refractivity contribution in [1.29, 1.82) is 0 Å². The molecule has 1 fully saturated rings. The third-order valence-electron chi connectivity index (χ3n) is 5.77. The van der Waals surface area contributed by atoms with Crippen LogP contribution in [0.15, 0.2) is 47.1 Å². The van der Waals surface area contributed by atoms with Gasteiger partial charge in [0.15, 0.2) is 0 Å². The van der Waals surface area contributed by atoms with Crippen LogP contribution in [0.1, 0.15) is 51.4 Å². The van der Waals surface area contributed by atoms with E-state index in [0.29, 0.717) is 13.1 Å².